The summed E-state index contributed by atoms with van der Waals surface area (Å²) < 4.78 is 5.48. The molecule has 1 aliphatic rings. The molecule has 1 atom stereocenters. The lowest BCUT2D eigenvalue weighted by atomic mass is 9.98. The number of thioether (sulfide) groups is 1. The van der Waals surface area contributed by atoms with E-state index in [1.807, 2.05) is 48.5 Å². The lowest BCUT2D eigenvalue weighted by Gasteiger charge is -2.24. The lowest BCUT2D eigenvalue weighted by Crippen LogP contribution is -2.41. The van der Waals surface area contributed by atoms with E-state index in [1.165, 1.54) is 7.05 Å². The summed E-state index contributed by atoms with van der Waals surface area (Å²) in [6.45, 7) is 0.128. The van der Waals surface area contributed by atoms with Crippen LogP contribution in [-0.2, 0) is 14.3 Å². The zero-order valence-corrected chi connectivity index (χ0v) is 16.2. The predicted molar refractivity (Wildman–Crippen MR) is 107 cm³/mol. The molecule has 1 unspecified atom stereocenters. The highest BCUT2D eigenvalue weighted by atomic mass is 32.2. The van der Waals surface area contributed by atoms with Crippen molar-refractivity contribution in [3.8, 4) is 11.1 Å². The van der Waals surface area contributed by atoms with Crippen LogP contribution < -0.4 is 0 Å². The number of carbonyl (C=O) groups is 3. The number of hydrogen-bond acceptors (Lipinski definition) is 5. The molecule has 7 heteroatoms. The van der Waals surface area contributed by atoms with Gasteiger partial charge in [-0.25, -0.2) is 9.59 Å². The van der Waals surface area contributed by atoms with Gasteiger partial charge in [-0.1, -0.05) is 48.5 Å². The smallest absolute Gasteiger partial charge is 0.410 e. The third kappa shape index (κ3) is 4.04. The molecule has 1 amide bonds. The van der Waals surface area contributed by atoms with Crippen molar-refractivity contribution in [2.75, 3.05) is 19.4 Å². The van der Waals surface area contributed by atoms with Crippen molar-refractivity contribution in [3.63, 3.8) is 0 Å². The topological polar surface area (TPSA) is 83.9 Å². The van der Waals surface area contributed by atoms with Gasteiger partial charge in [-0.05, 0) is 22.3 Å². The van der Waals surface area contributed by atoms with Crippen molar-refractivity contribution >= 4 is 30.1 Å². The Morgan fingerprint density at radius 2 is 1.71 bits per heavy atom. The molecule has 0 bridgehead atoms. The highest BCUT2D eigenvalue weighted by Crippen LogP contribution is 2.44. The summed E-state index contributed by atoms with van der Waals surface area (Å²) >= 11 is 1.02. The van der Waals surface area contributed by atoms with Crippen molar-refractivity contribution in [1.82, 2.24) is 4.90 Å². The molecule has 0 heterocycles. The fourth-order valence-electron chi connectivity index (χ4n) is 3.37. The number of fused-ring (bicyclic) bond motifs is 3. The number of nitrogens with zero attached hydrogens (tertiary/aromatic N) is 1. The van der Waals surface area contributed by atoms with Crippen molar-refractivity contribution in [2.24, 2.45) is 0 Å². The molecule has 0 aliphatic heterocycles. The van der Waals surface area contributed by atoms with Gasteiger partial charge in [0.05, 0.1) is 0 Å². The van der Waals surface area contributed by atoms with E-state index in [2.05, 4.69) is 0 Å². The van der Waals surface area contributed by atoms with Crippen LogP contribution in [0.15, 0.2) is 48.5 Å². The van der Waals surface area contributed by atoms with E-state index in [4.69, 9.17) is 4.74 Å². The normalized spacial score (nSPS) is 13.3. The average molecular weight is 399 g/mol. The number of benzene rings is 2. The van der Waals surface area contributed by atoms with E-state index in [0.717, 1.165) is 45.2 Å². The van der Waals surface area contributed by atoms with Gasteiger partial charge < -0.3 is 14.6 Å². The summed E-state index contributed by atoms with van der Waals surface area (Å²) in [4.78, 5) is 35.4. The number of aliphatic carboxylic acids is 1. The minimum atomic E-state index is -1.15. The lowest BCUT2D eigenvalue weighted by molar-refractivity contribution is -0.139. The van der Waals surface area contributed by atoms with Crippen molar-refractivity contribution in [2.45, 2.75) is 17.7 Å². The fourth-order valence-corrected chi connectivity index (χ4v) is 4.28. The molecule has 0 saturated carbocycles. The van der Waals surface area contributed by atoms with E-state index in [-0.39, 0.29) is 18.9 Å². The van der Waals surface area contributed by atoms with Crippen LogP contribution in [0.4, 0.5) is 4.79 Å². The zero-order chi connectivity index (χ0) is 20.1. The fraction of sp³-hybridized carbons (Fsp3) is 0.286. The Morgan fingerprint density at radius 1 is 1.14 bits per heavy atom. The van der Waals surface area contributed by atoms with Gasteiger partial charge >= 0.3 is 12.1 Å². The number of carbonyl (C=O) groups excluding carboxylic acids is 2. The highest BCUT2D eigenvalue weighted by molar-refractivity contribution is 8.00. The number of amides is 1. The van der Waals surface area contributed by atoms with Crippen LogP contribution in [-0.4, -0.2) is 53.1 Å². The summed E-state index contributed by atoms with van der Waals surface area (Å²) in [6, 6.07) is 16.0. The summed E-state index contributed by atoms with van der Waals surface area (Å²) in [7, 11) is 1.39. The van der Waals surface area contributed by atoms with Crippen molar-refractivity contribution < 1.29 is 24.2 Å². The maximum absolute atomic E-state index is 12.5. The molecular formula is C21H21NO5S. The molecule has 2 aromatic rings. The van der Waals surface area contributed by atoms with Gasteiger partial charge in [0.2, 0.25) is 0 Å². The number of carboxylic acids is 1. The Labute approximate surface area is 167 Å². The molecule has 1 N–H and O–H groups in total. The van der Waals surface area contributed by atoms with Gasteiger partial charge in [0, 0.05) is 25.1 Å². The van der Waals surface area contributed by atoms with Gasteiger partial charge in [0.1, 0.15) is 12.9 Å². The minimum absolute atomic E-state index is 0.0873. The molecule has 0 spiro atoms. The number of likely N-dealkylation sites (N-methyl/N-ethyl adjacent to an activating group) is 1. The first-order valence-corrected chi connectivity index (χ1v) is 9.95. The van der Waals surface area contributed by atoms with Crippen molar-refractivity contribution in [1.29, 1.82) is 0 Å². The maximum atomic E-state index is 12.5. The third-order valence-corrected chi connectivity index (χ3v) is 6.00. The monoisotopic (exact) mass is 399 g/mol. The van der Waals surface area contributed by atoms with Crippen LogP contribution >= 0.6 is 11.8 Å². The predicted octanol–water partition coefficient (Wildman–Crippen LogP) is 3.60. The van der Waals surface area contributed by atoms with E-state index in [0.29, 0.717) is 5.75 Å². The number of rotatable bonds is 8. The van der Waals surface area contributed by atoms with E-state index >= 15 is 0 Å². The summed E-state index contributed by atoms with van der Waals surface area (Å²) in [6.07, 6.45) is 0.250. The number of ether oxygens (including phenoxy) is 1. The van der Waals surface area contributed by atoms with Gasteiger partial charge in [-0.2, -0.15) is 0 Å². The standard InChI is InChI=1S/C21H21NO5S/c1-22(19(20(24)25)28-12-6-11-23)21(26)27-13-18-16-9-4-2-7-14(16)15-8-3-5-10-17(15)18/h2-5,7-11,18-19H,6,12-13H2,1H3,(H,24,25). The Kier molecular flexibility index (Phi) is 6.36. The molecular weight excluding hydrogens is 378 g/mol. The van der Waals surface area contributed by atoms with Crippen LogP contribution in [0, 0.1) is 0 Å². The maximum Gasteiger partial charge on any atom is 0.410 e. The average Bonchev–Trinajstić information content (AvgIpc) is 3.02. The molecule has 2 aromatic carbocycles. The van der Waals surface area contributed by atoms with Gasteiger partial charge in [-0.15, -0.1) is 11.8 Å². The van der Waals surface area contributed by atoms with Crippen molar-refractivity contribution in [3.05, 3.63) is 59.7 Å². The molecule has 28 heavy (non-hydrogen) atoms. The third-order valence-electron chi connectivity index (χ3n) is 4.70. The van der Waals surface area contributed by atoms with Gasteiger partial charge in [0.25, 0.3) is 0 Å². The largest absolute Gasteiger partial charge is 0.479 e. The second-order valence-corrected chi connectivity index (χ2v) is 7.62. The molecule has 1 aliphatic carbocycles. The summed E-state index contributed by atoms with van der Waals surface area (Å²) in [5, 5.41) is 8.27. The second kappa shape index (κ2) is 8.93. The van der Waals surface area contributed by atoms with Crippen LogP contribution in [0.1, 0.15) is 23.5 Å². The number of hydrogen-bond donors (Lipinski definition) is 1. The minimum Gasteiger partial charge on any atom is -0.479 e. The Bertz CT molecular complexity index is 839. The summed E-state index contributed by atoms with van der Waals surface area (Å²) in [5.41, 5.74) is 4.43. The van der Waals surface area contributed by atoms with E-state index in [9.17, 15) is 19.5 Å². The first-order valence-electron chi connectivity index (χ1n) is 8.90. The quantitative estimate of drug-likeness (QED) is 0.415. The molecule has 0 fully saturated rings. The molecule has 0 saturated heterocycles. The van der Waals surface area contributed by atoms with E-state index < -0.39 is 17.4 Å². The zero-order valence-electron chi connectivity index (χ0n) is 15.4. The molecule has 0 aromatic heterocycles. The molecule has 6 nitrogen and oxygen atoms in total. The van der Waals surface area contributed by atoms with Crippen LogP contribution in [0.5, 0.6) is 0 Å². The second-order valence-electron chi connectivity index (χ2n) is 6.43. The Balaban J connectivity index is 1.70. The summed E-state index contributed by atoms with van der Waals surface area (Å²) in [5.74, 6) is -0.913. The first-order chi connectivity index (χ1) is 13.5. The van der Waals surface area contributed by atoms with Crippen LogP contribution in [0.3, 0.4) is 0 Å². The SMILES string of the molecule is CN(C(=O)OCC1c2ccccc2-c2ccccc21)C(SCCC=O)C(=O)O. The Morgan fingerprint density at radius 3 is 2.25 bits per heavy atom. The number of aldehydes is 1. The van der Waals surface area contributed by atoms with E-state index in [1.54, 1.807) is 0 Å². The molecule has 146 valence electrons. The van der Waals surface area contributed by atoms with Crippen LogP contribution in [0.25, 0.3) is 11.1 Å². The first kappa shape index (κ1) is 19.9. The van der Waals surface area contributed by atoms with Gasteiger partial charge in [0.15, 0.2) is 5.37 Å². The highest BCUT2D eigenvalue weighted by Gasteiger charge is 2.32. The molecule has 3 rings (SSSR count). The number of carboxylic acid groups (broad SMARTS) is 1. The molecule has 0 radical (unpaired) electrons. The van der Waals surface area contributed by atoms with Crippen LogP contribution in [0.2, 0.25) is 0 Å². The van der Waals surface area contributed by atoms with Gasteiger partial charge in [-0.3, -0.25) is 4.90 Å². The Hall–Kier alpha value is -2.80.